The molecular formula is C28H31Cl2N3O2. The summed E-state index contributed by atoms with van der Waals surface area (Å²) in [6, 6.07) is 20.2. The van der Waals surface area contributed by atoms with Crippen molar-refractivity contribution in [2.45, 2.75) is 24.9 Å². The molecule has 2 atom stereocenters. The lowest BCUT2D eigenvalue weighted by molar-refractivity contribution is -0.134. The number of aromatic hydroxyl groups is 1. The molecule has 3 aromatic rings. The van der Waals surface area contributed by atoms with Crippen LogP contribution in [0.4, 0.5) is 0 Å². The average Bonchev–Trinajstić information content (AvgIpc) is 3.39. The fourth-order valence-corrected chi connectivity index (χ4v) is 5.00. The van der Waals surface area contributed by atoms with Crippen molar-refractivity contribution in [3.05, 3.63) is 87.9 Å². The first kappa shape index (κ1) is 25.5. The lowest BCUT2D eigenvalue weighted by Gasteiger charge is -2.34. The summed E-state index contributed by atoms with van der Waals surface area (Å²) >= 11 is 12.3. The molecule has 1 fully saturated rings. The number of nitrogens with one attached hydrogen (secondary N) is 1. The van der Waals surface area contributed by atoms with Crippen LogP contribution in [0.2, 0.25) is 10.0 Å². The van der Waals surface area contributed by atoms with Crippen molar-refractivity contribution >= 4 is 29.1 Å². The van der Waals surface area contributed by atoms with Gasteiger partial charge in [-0.2, -0.15) is 0 Å². The van der Waals surface area contributed by atoms with E-state index in [4.69, 9.17) is 23.2 Å². The predicted octanol–water partition coefficient (Wildman–Crippen LogP) is 5.92. The highest BCUT2D eigenvalue weighted by Crippen LogP contribution is 2.31. The van der Waals surface area contributed by atoms with E-state index < -0.39 is 6.04 Å². The van der Waals surface area contributed by atoms with Crippen molar-refractivity contribution in [1.82, 2.24) is 15.1 Å². The number of rotatable bonds is 8. The van der Waals surface area contributed by atoms with Gasteiger partial charge in [0.15, 0.2) is 0 Å². The Kier molecular flexibility index (Phi) is 8.34. The molecule has 1 saturated heterocycles. The van der Waals surface area contributed by atoms with Crippen LogP contribution in [0.1, 0.15) is 36.1 Å². The summed E-state index contributed by atoms with van der Waals surface area (Å²) in [6.45, 7) is 2.87. The summed E-state index contributed by atoms with van der Waals surface area (Å²) in [6.07, 6.45) is 2.37. The number of likely N-dealkylation sites (N-methyl/N-ethyl adjacent to an activating group) is 2. The van der Waals surface area contributed by atoms with Crippen molar-refractivity contribution in [3.8, 4) is 16.9 Å². The molecule has 1 aliphatic rings. The summed E-state index contributed by atoms with van der Waals surface area (Å²) in [5.74, 6) is 0.218. The second-order valence-corrected chi connectivity index (χ2v) is 9.85. The van der Waals surface area contributed by atoms with Crippen molar-refractivity contribution in [3.63, 3.8) is 0 Å². The third-order valence-corrected chi connectivity index (χ3v) is 7.49. The SMILES string of the molecule is CNC(C(=O)N(C)C(CN1CCCC1)c1ccc(-c2ccc(O)cc2)cc1)c1ccc(Cl)c(Cl)c1. The lowest BCUT2D eigenvalue weighted by atomic mass is 9.98. The first-order valence-electron chi connectivity index (χ1n) is 11.9. The molecule has 0 bridgehead atoms. The number of phenolic OH excluding ortho intramolecular Hbond substituents is 1. The molecule has 0 saturated carbocycles. The van der Waals surface area contributed by atoms with Gasteiger partial charge in [0.05, 0.1) is 16.1 Å². The molecule has 184 valence electrons. The second kappa shape index (κ2) is 11.4. The number of benzene rings is 3. The Labute approximate surface area is 217 Å². The van der Waals surface area contributed by atoms with Crippen molar-refractivity contribution in [1.29, 1.82) is 0 Å². The van der Waals surface area contributed by atoms with Gasteiger partial charge in [0.25, 0.3) is 0 Å². The zero-order valence-electron chi connectivity index (χ0n) is 20.0. The predicted molar refractivity (Wildman–Crippen MR) is 143 cm³/mol. The Morgan fingerprint density at radius 2 is 1.51 bits per heavy atom. The topological polar surface area (TPSA) is 55.8 Å². The van der Waals surface area contributed by atoms with Gasteiger partial charge in [-0.3, -0.25) is 4.79 Å². The molecule has 1 aliphatic heterocycles. The van der Waals surface area contributed by atoms with Crippen molar-refractivity contribution < 1.29 is 9.90 Å². The summed E-state index contributed by atoms with van der Waals surface area (Å²) in [5, 5.41) is 13.6. The number of carbonyl (C=O) groups excluding carboxylic acids is 1. The van der Waals surface area contributed by atoms with Crippen LogP contribution in [-0.4, -0.2) is 54.5 Å². The van der Waals surface area contributed by atoms with Gasteiger partial charge in [-0.25, -0.2) is 0 Å². The van der Waals surface area contributed by atoms with E-state index in [1.54, 1.807) is 31.3 Å². The van der Waals surface area contributed by atoms with Gasteiger partial charge in [-0.05, 0) is 79.5 Å². The van der Waals surface area contributed by atoms with E-state index in [0.29, 0.717) is 10.0 Å². The highest BCUT2D eigenvalue weighted by molar-refractivity contribution is 6.42. The van der Waals surface area contributed by atoms with Gasteiger partial charge >= 0.3 is 0 Å². The van der Waals surface area contributed by atoms with E-state index in [0.717, 1.165) is 41.9 Å². The number of likely N-dealkylation sites (tertiary alicyclic amines) is 1. The van der Waals surface area contributed by atoms with E-state index in [1.165, 1.54) is 12.8 Å². The van der Waals surface area contributed by atoms with Crippen LogP contribution in [0.25, 0.3) is 11.1 Å². The van der Waals surface area contributed by atoms with E-state index in [1.807, 2.05) is 30.1 Å². The molecule has 0 spiro atoms. The van der Waals surface area contributed by atoms with Crippen LogP contribution >= 0.6 is 23.2 Å². The largest absolute Gasteiger partial charge is 0.508 e. The van der Waals surface area contributed by atoms with E-state index in [-0.39, 0.29) is 17.7 Å². The average molecular weight is 512 g/mol. The van der Waals surface area contributed by atoms with E-state index >= 15 is 0 Å². The van der Waals surface area contributed by atoms with Gasteiger partial charge in [0.2, 0.25) is 5.91 Å². The first-order valence-corrected chi connectivity index (χ1v) is 12.6. The first-order chi connectivity index (χ1) is 16.9. The number of phenols is 1. The third-order valence-electron chi connectivity index (χ3n) is 6.75. The van der Waals surface area contributed by atoms with Crippen LogP contribution in [0.3, 0.4) is 0 Å². The zero-order chi connectivity index (χ0) is 24.9. The highest BCUT2D eigenvalue weighted by Gasteiger charge is 2.30. The third kappa shape index (κ3) is 5.99. The van der Waals surface area contributed by atoms with Crippen molar-refractivity contribution in [2.24, 2.45) is 0 Å². The monoisotopic (exact) mass is 511 g/mol. The number of hydrogen-bond acceptors (Lipinski definition) is 4. The number of halogens is 2. The molecule has 7 heteroatoms. The molecule has 35 heavy (non-hydrogen) atoms. The quantitative estimate of drug-likeness (QED) is 0.393. The number of hydrogen-bond donors (Lipinski definition) is 2. The smallest absolute Gasteiger partial charge is 0.244 e. The summed E-state index contributed by atoms with van der Waals surface area (Å²) < 4.78 is 0. The molecule has 4 rings (SSSR count). The minimum Gasteiger partial charge on any atom is -0.508 e. The molecule has 1 heterocycles. The molecule has 2 N–H and O–H groups in total. The second-order valence-electron chi connectivity index (χ2n) is 9.04. The standard InChI is InChI=1S/C28H31Cl2N3O2/c1-31-27(22-11-14-24(29)25(30)17-22)28(35)32(2)26(18-33-15-3-4-16-33)21-7-5-19(6-8-21)20-9-12-23(34)13-10-20/h5-14,17,26-27,31,34H,3-4,15-16,18H2,1-2H3. The Hall–Kier alpha value is -2.57. The maximum absolute atomic E-state index is 13.7. The van der Waals surface area contributed by atoms with Gasteiger partial charge < -0.3 is 20.2 Å². The zero-order valence-corrected chi connectivity index (χ0v) is 21.6. The summed E-state index contributed by atoms with van der Waals surface area (Å²) in [4.78, 5) is 18.0. The summed E-state index contributed by atoms with van der Waals surface area (Å²) in [5.41, 5.74) is 3.96. The van der Waals surface area contributed by atoms with Gasteiger partial charge in [0, 0.05) is 13.6 Å². The fourth-order valence-electron chi connectivity index (χ4n) is 4.69. The Balaban J connectivity index is 1.61. The minimum absolute atomic E-state index is 0.0299. The minimum atomic E-state index is -0.535. The molecule has 0 aromatic heterocycles. The Morgan fingerprint density at radius 1 is 0.943 bits per heavy atom. The lowest BCUT2D eigenvalue weighted by Crippen LogP contribution is -2.43. The molecule has 0 aliphatic carbocycles. The van der Waals surface area contributed by atoms with Gasteiger partial charge in [-0.1, -0.05) is 65.7 Å². The fraction of sp³-hybridized carbons (Fsp3) is 0.321. The molecule has 0 radical (unpaired) electrons. The molecular weight excluding hydrogens is 481 g/mol. The number of nitrogens with zero attached hydrogens (tertiary/aromatic N) is 2. The molecule has 3 aromatic carbocycles. The van der Waals surface area contributed by atoms with Gasteiger partial charge in [-0.15, -0.1) is 0 Å². The molecule has 5 nitrogen and oxygen atoms in total. The molecule has 1 amide bonds. The summed E-state index contributed by atoms with van der Waals surface area (Å²) in [7, 11) is 3.65. The maximum atomic E-state index is 13.7. The van der Waals surface area contributed by atoms with Crippen molar-refractivity contribution in [2.75, 3.05) is 33.7 Å². The number of amides is 1. The van der Waals surface area contributed by atoms with Crippen LogP contribution < -0.4 is 5.32 Å². The van der Waals surface area contributed by atoms with Gasteiger partial charge in [0.1, 0.15) is 11.8 Å². The highest BCUT2D eigenvalue weighted by atomic mass is 35.5. The van der Waals surface area contributed by atoms with E-state index in [2.05, 4.69) is 34.5 Å². The Morgan fingerprint density at radius 3 is 2.09 bits per heavy atom. The van der Waals surface area contributed by atoms with Crippen LogP contribution in [0.15, 0.2) is 66.7 Å². The maximum Gasteiger partial charge on any atom is 0.244 e. The Bertz CT molecular complexity index is 1150. The number of carbonyl (C=O) groups is 1. The normalized spacial score (nSPS) is 15.7. The molecule has 2 unspecified atom stereocenters. The van der Waals surface area contributed by atoms with Crippen LogP contribution in [-0.2, 0) is 4.79 Å². The van der Waals surface area contributed by atoms with E-state index in [9.17, 15) is 9.90 Å². The van der Waals surface area contributed by atoms with Crippen LogP contribution in [0, 0.1) is 0 Å². The van der Waals surface area contributed by atoms with Crippen LogP contribution in [0.5, 0.6) is 5.75 Å².